The zero-order valence-corrected chi connectivity index (χ0v) is 20.8. The Morgan fingerprint density at radius 1 is 1.15 bits per heavy atom. The fraction of sp³-hybridized carbons (Fsp3) is 0.500. The number of anilines is 3. The van der Waals surface area contributed by atoms with E-state index in [0.717, 1.165) is 61.6 Å². The van der Waals surface area contributed by atoms with Crippen molar-refractivity contribution in [2.75, 3.05) is 30.0 Å². The summed E-state index contributed by atoms with van der Waals surface area (Å²) in [6.07, 6.45) is 4.20. The van der Waals surface area contributed by atoms with E-state index in [2.05, 4.69) is 30.1 Å². The van der Waals surface area contributed by atoms with Crippen molar-refractivity contribution in [2.45, 2.75) is 57.4 Å². The predicted octanol–water partition coefficient (Wildman–Crippen LogP) is 6.88. The molecule has 1 saturated heterocycles. The molecule has 0 spiro atoms. The summed E-state index contributed by atoms with van der Waals surface area (Å²) in [5.74, 6) is -0.278. The van der Waals surface area contributed by atoms with Gasteiger partial charge in [-0.3, -0.25) is 4.79 Å². The molecule has 5 nitrogen and oxygen atoms in total. The Morgan fingerprint density at radius 2 is 1.82 bits per heavy atom. The standard InChI is InChI=1S/C26H32Cl2N2O3/c1-17(2)16-30(22-6-10-33-11-7-22)24-5-4-18(26(25(31)32)8-3-9-26)12-23(24)29-21-14-19(27)13-20(28)15-21/h4-5,12-15,17,22,29H,3,6-11,16H2,1-2H3,(H,31,32). The van der Waals surface area contributed by atoms with Crippen molar-refractivity contribution in [1.29, 1.82) is 0 Å². The summed E-state index contributed by atoms with van der Waals surface area (Å²) >= 11 is 12.5. The number of benzene rings is 2. The van der Waals surface area contributed by atoms with E-state index in [4.69, 9.17) is 27.9 Å². The van der Waals surface area contributed by atoms with E-state index in [1.165, 1.54) is 0 Å². The van der Waals surface area contributed by atoms with Gasteiger partial charge in [-0.2, -0.15) is 0 Å². The van der Waals surface area contributed by atoms with Crippen LogP contribution >= 0.6 is 23.2 Å². The fourth-order valence-electron chi connectivity index (χ4n) is 4.96. The maximum Gasteiger partial charge on any atom is 0.314 e. The second kappa shape index (κ2) is 10.1. The third-order valence-electron chi connectivity index (χ3n) is 6.81. The van der Waals surface area contributed by atoms with Crippen LogP contribution in [0.4, 0.5) is 17.1 Å². The van der Waals surface area contributed by atoms with Crippen LogP contribution in [0.25, 0.3) is 0 Å². The van der Waals surface area contributed by atoms with Gasteiger partial charge in [-0.25, -0.2) is 0 Å². The highest BCUT2D eigenvalue weighted by Gasteiger charge is 2.46. The maximum atomic E-state index is 12.2. The third kappa shape index (κ3) is 5.26. The molecule has 2 aliphatic rings. The van der Waals surface area contributed by atoms with E-state index in [1.54, 1.807) is 6.07 Å². The van der Waals surface area contributed by atoms with Gasteiger partial charge in [-0.1, -0.05) is 49.5 Å². The van der Waals surface area contributed by atoms with Gasteiger partial charge >= 0.3 is 5.97 Å². The van der Waals surface area contributed by atoms with Gasteiger partial charge in [0.25, 0.3) is 0 Å². The van der Waals surface area contributed by atoms with Crippen LogP contribution in [0.3, 0.4) is 0 Å². The Balaban J connectivity index is 1.79. The van der Waals surface area contributed by atoms with Crippen molar-refractivity contribution in [3.63, 3.8) is 0 Å². The summed E-state index contributed by atoms with van der Waals surface area (Å²) in [5, 5.41) is 14.6. The van der Waals surface area contributed by atoms with Crippen LogP contribution in [0.5, 0.6) is 0 Å². The molecule has 2 aromatic carbocycles. The smallest absolute Gasteiger partial charge is 0.314 e. The molecule has 2 aromatic rings. The van der Waals surface area contributed by atoms with Crippen LogP contribution < -0.4 is 10.2 Å². The van der Waals surface area contributed by atoms with Gasteiger partial charge in [-0.15, -0.1) is 0 Å². The molecule has 2 fully saturated rings. The molecule has 178 valence electrons. The normalized spacial score (nSPS) is 18.1. The summed E-state index contributed by atoms with van der Waals surface area (Å²) in [7, 11) is 0. The van der Waals surface area contributed by atoms with Crippen LogP contribution in [0.1, 0.15) is 51.5 Å². The summed E-state index contributed by atoms with van der Waals surface area (Å²) < 4.78 is 5.62. The molecule has 7 heteroatoms. The first kappa shape index (κ1) is 24.2. The van der Waals surface area contributed by atoms with Gasteiger partial charge in [0, 0.05) is 41.5 Å². The lowest BCUT2D eigenvalue weighted by Crippen LogP contribution is -2.43. The number of carboxylic acids is 1. The summed E-state index contributed by atoms with van der Waals surface area (Å²) in [5.41, 5.74) is 2.76. The van der Waals surface area contributed by atoms with Crippen molar-refractivity contribution in [2.24, 2.45) is 5.92 Å². The van der Waals surface area contributed by atoms with Gasteiger partial charge in [0.1, 0.15) is 0 Å². The molecule has 0 amide bonds. The van der Waals surface area contributed by atoms with E-state index in [-0.39, 0.29) is 0 Å². The topological polar surface area (TPSA) is 61.8 Å². The average molecular weight is 491 g/mol. The van der Waals surface area contributed by atoms with Gasteiger partial charge < -0.3 is 20.1 Å². The molecule has 0 unspecified atom stereocenters. The molecule has 0 atom stereocenters. The van der Waals surface area contributed by atoms with Crippen LogP contribution in [0.2, 0.25) is 10.0 Å². The SMILES string of the molecule is CC(C)CN(c1ccc(C2(C(=O)O)CCC2)cc1Nc1cc(Cl)cc(Cl)c1)C1CCOCC1. The zero-order valence-electron chi connectivity index (χ0n) is 19.2. The molecule has 1 aliphatic heterocycles. The Morgan fingerprint density at radius 3 is 2.36 bits per heavy atom. The number of hydrogen-bond acceptors (Lipinski definition) is 4. The highest BCUT2D eigenvalue weighted by molar-refractivity contribution is 6.35. The molecule has 0 radical (unpaired) electrons. The highest BCUT2D eigenvalue weighted by atomic mass is 35.5. The largest absolute Gasteiger partial charge is 0.481 e. The number of rotatable bonds is 8. The molecule has 1 heterocycles. The van der Waals surface area contributed by atoms with Gasteiger partial charge in [-0.05, 0) is 67.5 Å². The second-order valence-electron chi connectivity index (χ2n) is 9.65. The Bertz CT molecular complexity index is 981. The molecule has 4 rings (SSSR count). The number of carboxylic acid groups (broad SMARTS) is 1. The molecular weight excluding hydrogens is 459 g/mol. The van der Waals surface area contributed by atoms with Crippen LogP contribution in [-0.2, 0) is 14.9 Å². The first-order valence-corrected chi connectivity index (χ1v) is 12.5. The minimum Gasteiger partial charge on any atom is -0.481 e. The van der Waals surface area contributed by atoms with Crippen molar-refractivity contribution in [1.82, 2.24) is 0 Å². The molecular formula is C26H32Cl2N2O3. The number of nitrogens with one attached hydrogen (secondary N) is 1. The van der Waals surface area contributed by atoms with Gasteiger partial charge in [0.15, 0.2) is 0 Å². The maximum absolute atomic E-state index is 12.2. The predicted molar refractivity (Wildman–Crippen MR) is 135 cm³/mol. The molecule has 2 N–H and O–H groups in total. The van der Waals surface area contributed by atoms with Gasteiger partial charge in [0.2, 0.25) is 0 Å². The molecule has 0 bridgehead atoms. The van der Waals surface area contributed by atoms with Crippen molar-refractivity contribution in [3.05, 3.63) is 52.0 Å². The third-order valence-corrected chi connectivity index (χ3v) is 7.25. The van der Waals surface area contributed by atoms with E-state index in [1.807, 2.05) is 24.3 Å². The van der Waals surface area contributed by atoms with E-state index < -0.39 is 11.4 Å². The molecule has 1 saturated carbocycles. The first-order valence-electron chi connectivity index (χ1n) is 11.7. The van der Waals surface area contributed by atoms with Crippen molar-refractivity contribution in [3.8, 4) is 0 Å². The summed E-state index contributed by atoms with van der Waals surface area (Å²) in [6.45, 7) is 6.86. The monoisotopic (exact) mass is 490 g/mol. The van der Waals surface area contributed by atoms with E-state index in [9.17, 15) is 9.90 Å². The number of carbonyl (C=O) groups is 1. The number of ether oxygens (including phenoxy) is 1. The fourth-order valence-corrected chi connectivity index (χ4v) is 5.48. The quantitative estimate of drug-likeness (QED) is 0.421. The molecule has 0 aromatic heterocycles. The summed E-state index contributed by atoms with van der Waals surface area (Å²) in [6, 6.07) is 11.8. The Labute approximate surface area is 206 Å². The van der Waals surface area contributed by atoms with Crippen LogP contribution in [0, 0.1) is 5.92 Å². The lowest BCUT2D eigenvalue weighted by Gasteiger charge is -2.41. The lowest BCUT2D eigenvalue weighted by atomic mass is 9.64. The Hall–Kier alpha value is -1.95. The number of aliphatic carboxylic acids is 1. The lowest BCUT2D eigenvalue weighted by molar-refractivity contribution is -0.147. The van der Waals surface area contributed by atoms with E-state index >= 15 is 0 Å². The number of halogens is 2. The second-order valence-corrected chi connectivity index (χ2v) is 10.5. The zero-order chi connectivity index (χ0) is 23.6. The van der Waals surface area contributed by atoms with Crippen molar-refractivity contribution < 1.29 is 14.6 Å². The first-order chi connectivity index (χ1) is 15.8. The minimum absolute atomic E-state index is 0.368. The highest BCUT2D eigenvalue weighted by Crippen LogP contribution is 2.46. The summed E-state index contributed by atoms with van der Waals surface area (Å²) in [4.78, 5) is 14.7. The number of hydrogen-bond donors (Lipinski definition) is 2. The van der Waals surface area contributed by atoms with Gasteiger partial charge in [0.05, 0.1) is 16.8 Å². The average Bonchev–Trinajstić information content (AvgIpc) is 2.71. The number of nitrogens with zero attached hydrogens (tertiary/aromatic N) is 1. The van der Waals surface area contributed by atoms with Crippen LogP contribution in [0.15, 0.2) is 36.4 Å². The Kier molecular flexibility index (Phi) is 7.42. The van der Waals surface area contributed by atoms with Crippen molar-refractivity contribution >= 4 is 46.2 Å². The molecule has 1 aliphatic carbocycles. The minimum atomic E-state index is -0.803. The van der Waals surface area contributed by atoms with E-state index in [0.29, 0.717) is 34.8 Å². The van der Waals surface area contributed by atoms with Crippen LogP contribution in [-0.4, -0.2) is 36.9 Å². The molecule has 33 heavy (non-hydrogen) atoms.